The lowest BCUT2D eigenvalue weighted by atomic mass is 10.1. The van der Waals surface area contributed by atoms with Crippen molar-refractivity contribution in [3.8, 4) is 0 Å². The lowest BCUT2D eigenvalue weighted by molar-refractivity contribution is -0.148. The molecule has 2 heterocycles. The van der Waals surface area contributed by atoms with Gasteiger partial charge in [0.2, 0.25) is 0 Å². The van der Waals surface area contributed by atoms with Crippen LogP contribution in [0.2, 0.25) is 0 Å². The Bertz CT molecular complexity index is 1680. The molecule has 3 aromatic carbocycles. The number of para-hydroxylation sites is 1. The van der Waals surface area contributed by atoms with E-state index in [1.165, 1.54) is 0 Å². The number of nitrogens with zero attached hydrogens (tertiary/aromatic N) is 2. The number of carbonyl (C=O) groups excluding carboxylic acids is 3. The summed E-state index contributed by atoms with van der Waals surface area (Å²) in [6, 6.07) is 26.9. The fourth-order valence-electron chi connectivity index (χ4n) is 4.72. The quantitative estimate of drug-likeness (QED) is 0.208. The summed E-state index contributed by atoms with van der Waals surface area (Å²) in [6.45, 7) is 0.483. The number of benzene rings is 3. The van der Waals surface area contributed by atoms with Crippen molar-refractivity contribution in [3.63, 3.8) is 0 Å². The summed E-state index contributed by atoms with van der Waals surface area (Å²) in [5.74, 6) is -1.69. The largest absolute Gasteiger partial charge is 0.461 e. The number of hydrogen-bond donors (Lipinski definition) is 1. The summed E-state index contributed by atoms with van der Waals surface area (Å²) >= 11 is 0. The second-order valence-electron chi connectivity index (χ2n) is 9.75. The van der Waals surface area contributed by atoms with Crippen LogP contribution in [-0.4, -0.2) is 40.5 Å². The van der Waals surface area contributed by atoms with E-state index in [0.29, 0.717) is 6.73 Å². The molecule has 42 heavy (non-hydrogen) atoms. The normalized spacial score (nSPS) is 11.7. The Morgan fingerprint density at radius 2 is 1.45 bits per heavy atom. The first-order valence-electron chi connectivity index (χ1n) is 13.6. The summed E-state index contributed by atoms with van der Waals surface area (Å²) < 4.78 is 18.2. The van der Waals surface area contributed by atoms with Crippen LogP contribution in [0.4, 0.5) is 0 Å². The zero-order chi connectivity index (χ0) is 29.3. The Kier molecular flexibility index (Phi) is 9.20. The molecule has 0 aliphatic heterocycles. The van der Waals surface area contributed by atoms with E-state index in [2.05, 4.69) is 10.3 Å². The molecular formula is C33H31N3O6. The van der Waals surface area contributed by atoms with E-state index < -0.39 is 23.9 Å². The molecule has 214 valence electrons. The first-order valence-corrected chi connectivity index (χ1v) is 13.6. The number of amides is 1. The van der Waals surface area contributed by atoms with Crippen LogP contribution >= 0.6 is 0 Å². The van der Waals surface area contributed by atoms with E-state index in [4.69, 9.17) is 14.2 Å². The number of rotatable bonds is 12. The third-order valence-corrected chi connectivity index (χ3v) is 6.84. The molecule has 0 saturated heterocycles. The number of hydrogen-bond acceptors (Lipinski definition) is 7. The van der Waals surface area contributed by atoms with E-state index in [-0.39, 0.29) is 31.7 Å². The molecule has 0 aliphatic rings. The molecule has 0 bridgehead atoms. The zero-order valence-electron chi connectivity index (χ0n) is 23.2. The number of ether oxygens (including phenoxy) is 3. The molecule has 0 spiro atoms. The highest BCUT2D eigenvalue weighted by molar-refractivity contribution is 6.10. The standard InChI is InChI=1S/C33H31N3O6/c1-40-22-36-29-15-9-8-14-25(29)26-18-28(34-19-30(26)36)32(38)35-27(33(39)42-21-24-12-6-3-7-13-24)16-17-31(37)41-20-23-10-4-2-5-11-23/h2-15,18-19,27H,16-17,20-22H2,1H3,(H,35,38)/t27-/m0/s1. The summed E-state index contributed by atoms with van der Waals surface area (Å²) in [5.41, 5.74) is 3.55. The first-order chi connectivity index (χ1) is 20.5. The van der Waals surface area contributed by atoms with Gasteiger partial charge in [-0.3, -0.25) is 9.59 Å². The Morgan fingerprint density at radius 3 is 2.14 bits per heavy atom. The maximum atomic E-state index is 13.4. The summed E-state index contributed by atoms with van der Waals surface area (Å²) in [6.07, 6.45) is 1.53. The van der Waals surface area contributed by atoms with Gasteiger partial charge in [0.1, 0.15) is 31.7 Å². The van der Waals surface area contributed by atoms with Gasteiger partial charge in [0, 0.05) is 24.3 Å². The first kappa shape index (κ1) is 28.5. The maximum Gasteiger partial charge on any atom is 0.328 e. The Hall–Kier alpha value is -5.02. The number of fused-ring (bicyclic) bond motifs is 3. The van der Waals surface area contributed by atoms with Crippen LogP contribution in [0.1, 0.15) is 34.5 Å². The van der Waals surface area contributed by atoms with Crippen LogP contribution in [0.3, 0.4) is 0 Å². The van der Waals surface area contributed by atoms with Crippen LogP contribution in [0.5, 0.6) is 0 Å². The third-order valence-electron chi connectivity index (χ3n) is 6.84. The van der Waals surface area contributed by atoms with Crippen LogP contribution < -0.4 is 5.32 Å². The van der Waals surface area contributed by atoms with Crippen molar-refractivity contribution in [1.29, 1.82) is 0 Å². The number of pyridine rings is 1. The molecule has 9 nitrogen and oxygen atoms in total. The van der Waals surface area contributed by atoms with Crippen LogP contribution in [0.25, 0.3) is 21.8 Å². The summed E-state index contributed by atoms with van der Waals surface area (Å²) in [7, 11) is 1.62. The van der Waals surface area contributed by atoms with Crippen molar-refractivity contribution >= 4 is 39.7 Å². The van der Waals surface area contributed by atoms with Crippen LogP contribution in [-0.2, 0) is 43.7 Å². The van der Waals surface area contributed by atoms with E-state index in [9.17, 15) is 14.4 Å². The van der Waals surface area contributed by atoms with Gasteiger partial charge in [-0.05, 0) is 29.7 Å². The highest BCUT2D eigenvalue weighted by atomic mass is 16.5. The number of methoxy groups -OCH3 is 1. The SMILES string of the molecule is COCn1c2ccccc2c2cc(C(=O)N[C@@H](CCC(=O)OCc3ccccc3)C(=O)OCc3ccccc3)ncc21. The maximum absolute atomic E-state index is 13.4. The van der Waals surface area contributed by atoms with Crippen molar-refractivity contribution < 1.29 is 28.6 Å². The summed E-state index contributed by atoms with van der Waals surface area (Å²) in [5, 5.41) is 4.50. The minimum atomic E-state index is -1.09. The van der Waals surface area contributed by atoms with E-state index in [0.717, 1.165) is 32.9 Å². The Morgan fingerprint density at radius 1 is 0.810 bits per heavy atom. The molecule has 1 N–H and O–H groups in total. The molecule has 0 unspecified atom stereocenters. The third kappa shape index (κ3) is 6.82. The fraction of sp³-hybridized carbons (Fsp3) is 0.212. The molecule has 0 fully saturated rings. The van der Waals surface area contributed by atoms with Crippen molar-refractivity contribution in [2.75, 3.05) is 7.11 Å². The van der Waals surface area contributed by atoms with Gasteiger partial charge >= 0.3 is 11.9 Å². The van der Waals surface area contributed by atoms with Crippen molar-refractivity contribution in [3.05, 3.63) is 114 Å². The van der Waals surface area contributed by atoms with Gasteiger partial charge in [-0.1, -0.05) is 78.9 Å². The Labute approximate surface area is 243 Å². The van der Waals surface area contributed by atoms with Crippen molar-refractivity contribution in [2.24, 2.45) is 0 Å². The Balaban J connectivity index is 1.31. The topological polar surface area (TPSA) is 109 Å². The number of aromatic nitrogens is 2. The summed E-state index contributed by atoms with van der Waals surface area (Å²) in [4.78, 5) is 43.4. The molecule has 0 radical (unpaired) electrons. The predicted molar refractivity (Wildman–Crippen MR) is 157 cm³/mol. The van der Waals surface area contributed by atoms with Gasteiger partial charge in [-0.25, -0.2) is 9.78 Å². The lowest BCUT2D eigenvalue weighted by Gasteiger charge is -2.17. The second kappa shape index (κ2) is 13.6. The van der Waals surface area contributed by atoms with Gasteiger partial charge in [-0.15, -0.1) is 0 Å². The predicted octanol–water partition coefficient (Wildman–Crippen LogP) is 5.16. The minimum absolute atomic E-state index is 0.00236. The van der Waals surface area contributed by atoms with E-state index >= 15 is 0 Å². The van der Waals surface area contributed by atoms with Gasteiger partial charge in [-0.2, -0.15) is 0 Å². The molecule has 9 heteroatoms. The minimum Gasteiger partial charge on any atom is -0.461 e. The molecule has 0 aliphatic carbocycles. The highest BCUT2D eigenvalue weighted by Gasteiger charge is 2.25. The van der Waals surface area contributed by atoms with Gasteiger partial charge < -0.3 is 24.1 Å². The van der Waals surface area contributed by atoms with Crippen molar-refractivity contribution in [1.82, 2.24) is 14.9 Å². The smallest absolute Gasteiger partial charge is 0.328 e. The molecule has 0 saturated carbocycles. The zero-order valence-corrected chi connectivity index (χ0v) is 23.2. The molecular weight excluding hydrogens is 534 g/mol. The van der Waals surface area contributed by atoms with E-state index in [1.807, 2.05) is 89.5 Å². The lowest BCUT2D eigenvalue weighted by Crippen LogP contribution is -2.42. The van der Waals surface area contributed by atoms with Gasteiger partial charge in [0.15, 0.2) is 0 Å². The average Bonchev–Trinajstić information content (AvgIpc) is 3.34. The van der Waals surface area contributed by atoms with Crippen molar-refractivity contribution in [2.45, 2.75) is 38.8 Å². The number of esters is 2. The van der Waals surface area contributed by atoms with Gasteiger partial charge in [0.25, 0.3) is 5.91 Å². The second-order valence-corrected chi connectivity index (χ2v) is 9.75. The molecule has 1 amide bonds. The van der Waals surface area contributed by atoms with Gasteiger partial charge in [0.05, 0.1) is 17.2 Å². The van der Waals surface area contributed by atoms with E-state index in [1.54, 1.807) is 19.4 Å². The average molecular weight is 566 g/mol. The molecule has 5 rings (SSSR count). The fourth-order valence-corrected chi connectivity index (χ4v) is 4.72. The molecule has 1 atom stereocenters. The molecule has 5 aromatic rings. The number of carbonyl (C=O) groups is 3. The van der Waals surface area contributed by atoms with Crippen LogP contribution in [0, 0.1) is 0 Å². The highest BCUT2D eigenvalue weighted by Crippen LogP contribution is 2.29. The van der Waals surface area contributed by atoms with Crippen LogP contribution in [0.15, 0.2) is 97.2 Å². The molecule has 2 aromatic heterocycles. The monoisotopic (exact) mass is 565 g/mol. The number of nitrogens with one attached hydrogen (secondary N) is 1.